The van der Waals surface area contributed by atoms with Gasteiger partial charge in [0.05, 0.1) is 18.7 Å². The van der Waals surface area contributed by atoms with Crippen LogP contribution in [0.2, 0.25) is 0 Å². The van der Waals surface area contributed by atoms with Crippen molar-refractivity contribution >= 4 is 5.91 Å². The molecule has 1 amide bonds. The number of alkyl halides is 1. The minimum atomic E-state index is -1.10. The van der Waals surface area contributed by atoms with Crippen LogP contribution < -0.4 is 5.73 Å². The summed E-state index contributed by atoms with van der Waals surface area (Å²) in [6.45, 7) is 3.83. The van der Waals surface area contributed by atoms with Crippen LogP contribution in [0.15, 0.2) is 0 Å². The zero-order valence-corrected chi connectivity index (χ0v) is 9.69. The van der Waals surface area contributed by atoms with Gasteiger partial charge < -0.3 is 10.6 Å². The van der Waals surface area contributed by atoms with Crippen LogP contribution in [0.25, 0.3) is 0 Å². The van der Waals surface area contributed by atoms with Gasteiger partial charge in [0.15, 0.2) is 0 Å². The second kappa shape index (κ2) is 5.26. The summed E-state index contributed by atoms with van der Waals surface area (Å²) in [6, 6.07) is 0.658. The number of amides is 1. The fraction of sp³-hybridized carbons (Fsp3) is 0.818. The summed E-state index contributed by atoms with van der Waals surface area (Å²) in [5.41, 5.74) is 5.79. The highest BCUT2D eigenvalue weighted by molar-refractivity contribution is 5.83. The lowest BCUT2D eigenvalue weighted by atomic mass is 9.99. The van der Waals surface area contributed by atoms with Gasteiger partial charge in [-0.25, -0.2) is 4.39 Å². The van der Waals surface area contributed by atoms with Crippen molar-refractivity contribution in [3.8, 4) is 6.07 Å². The molecule has 0 aliphatic carbocycles. The van der Waals surface area contributed by atoms with Crippen molar-refractivity contribution < 1.29 is 9.18 Å². The van der Waals surface area contributed by atoms with Gasteiger partial charge in [-0.05, 0) is 5.92 Å². The average Bonchev–Trinajstić information content (AvgIpc) is 2.67. The first-order valence-electron chi connectivity index (χ1n) is 5.61. The van der Waals surface area contributed by atoms with E-state index in [2.05, 4.69) is 0 Å². The van der Waals surface area contributed by atoms with Crippen molar-refractivity contribution in [1.82, 2.24) is 4.90 Å². The molecule has 0 saturated carbocycles. The molecule has 1 rings (SSSR count). The summed E-state index contributed by atoms with van der Waals surface area (Å²) in [7, 11) is 0. The van der Waals surface area contributed by atoms with E-state index in [4.69, 9.17) is 11.0 Å². The van der Waals surface area contributed by atoms with Crippen molar-refractivity contribution in [2.45, 2.75) is 44.9 Å². The molecule has 2 N–H and O–H groups in total. The lowest BCUT2D eigenvalue weighted by molar-refractivity contribution is -0.133. The number of hydrogen-bond donors (Lipinski definition) is 1. The average molecular weight is 227 g/mol. The van der Waals surface area contributed by atoms with Crippen LogP contribution in [-0.2, 0) is 4.79 Å². The zero-order chi connectivity index (χ0) is 12.3. The van der Waals surface area contributed by atoms with E-state index in [-0.39, 0.29) is 24.8 Å². The first kappa shape index (κ1) is 12.9. The van der Waals surface area contributed by atoms with Gasteiger partial charge in [-0.3, -0.25) is 4.79 Å². The van der Waals surface area contributed by atoms with Gasteiger partial charge in [-0.15, -0.1) is 0 Å². The van der Waals surface area contributed by atoms with Crippen LogP contribution >= 0.6 is 0 Å². The number of nitriles is 1. The maximum atomic E-state index is 13.1. The Kier molecular flexibility index (Phi) is 4.25. The molecular formula is C11H18FN3O. The van der Waals surface area contributed by atoms with Crippen LogP contribution in [0.5, 0.6) is 0 Å². The maximum Gasteiger partial charge on any atom is 0.240 e. The number of nitrogens with zero attached hydrogens (tertiary/aromatic N) is 2. The molecule has 0 aromatic heterocycles. The predicted octanol–water partition coefficient (Wildman–Crippen LogP) is 0.822. The highest BCUT2D eigenvalue weighted by Gasteiger charge is 2.38. The molecule has 4 atom stereocenters. The molecule has 0 radical (unpaired) electrons. The lowest BCUT2D eigenvalue weighted by Crippen LogP contribution is -2.48. The van der Waals surface area contributed by atoms with E-state index in [1.807, 2.05) is 19.9 Å². The molecular weight excluding hydrogens is 209 g/mol. The first-order chi connectivity index (χ1) is 7.51. The van der Waals surface area contributed by atoms with Crippen molar-refractivity contribution in [2.75, 3.05) is 6.54 Å². The molecule has 90 valence electrons. The summed E-state index contributed by atoms with van der Waals surface area (Å²) >= 11 is 0. The molecule has 0 aromatic rings. The summed E-state index contributed by atoms with van der Waals surface area (Å²) in [4.78, 5) is 13.2. The molecule has 1 aliphatic rings. The third-order valence-corrected chi connectivity index (χ3v) is 3.22. The molecule has 5 heteroatoms. The summed E-state index contributed by atoms with van der Waals surface area (Å²) < 4.78 is 13.1. The molecule has 1 fully saturated rings. The van der Waals surface area contributed by atoms with Crippen molar-refractivity contribution in [1.29, 1.82) is 5.26 Å². The number of nitrogens with two attached hydrogens (primary N) is 1. The molecule has 16 heavy (non-hydrogen) atoms. The largest absolute Gasteiger partial charge is 0.322 e. The Balaban J connectivity index is 2.70. The Morgan fingerprint density at radius 3 is 2.88 bits per heavy atom. The summed E-state index contributed by atoms with van der Waals surface area (Å²) in [6.07, 6.45) is -0.204. The summed E-state index contributed by atoms with van der Waals surface area (Å²) in [5.74, 6) is -0.258. The Morgan fingerprint density at radius 1 is 1.75 bits per heavy atom. The third-order valence-electron chi connectivity index (χ3n) is 3.22. The SMILES string of the molecule is CCC(C)[C@H](N)C(=O)N1CC(F)CC1C#N. The quantitative estimate of drug-likeness (QED) is 0.776. The molecule has 3 unspecified atom stereocenters. The zero-order valence-electron chi connectivity index (χ0n) is 9.69. The van der Waals surface area contributed by atoms with Gasteiger partial charge in [0, 0.05) is 6.42 Å². The summed E-state index contributed by atoms with van der Waals surface area (Å²) in [5, 5.41) is 8.83. The predicted molar refractivity (Wildman–Crippen MR) is 58.1 cm³/mol. The molecule has 0 bridgehead atoms. The number of hydrogen-bond acceptors (Lipinski definition) is 3. The third kappa shape index (κ3) is 2.50. The number of carbonyl (C=O) groups excluding carboxylic acids is 1. The van der Waals surface area contributed by atoms with E-state index in [1.54, 1.807) is 0 Å². The minimum absolute atomic E-state index is 0.00118. The fourth-order valence-electron chi connectivity index (χ4n) is 1.84. The minimum Gasteiger partial charge on any atom is -0.322 e. The highest BCUT2D eigenvalue weighted by atomic mass is 19.1. The van der Waals surface area contributed by atoms with E-state index in [0.717, 1.165) is 6.42 Å². The second-order valence-corrected chi connectivity index (χ2v) is 4.38. The van der Waals surface area contributed by atoms with E-state index >= 15 is 0 Å². The number of likely N-dealkylation sites (tertiary alicyclic amines) is 1. The van der Waals surface area contributed by atoms with E-state index in [9.17, 15) is 9.18 Å². The van der Waals surface area contributed by atoms with Crippen LogP contribution in [0.4, 0.5) is 4.39 Å². The second-order valence-electron chi connectivity index (χ2n) is 4.38. The van der Waals surface area contributed by atoms with Gasteiger partial charge in [-0.1, -0.05) is 20.3 Å². The van der Waals surface area contributed by atoms with Gasteiger partial charge in [0.1, 0.15) is 12.2 Å². The van der Waals surface area contributed by atoms with Crippen LogP contribution in [0, 0.1) is 17.2 Å². The Morgan fingerprint density at radius 2 is 2.38 bits per heavy atom. The monoisotopic (exact) mass is 227 g/mol. The maximum absolute atomic E-state index is 13.1. The van der Waals surface area contributed by atoms with Gasteiger partial charge in [0.2, 0.25) is 5.91 Å². The smallest absolute Gasteiger partial charge is 0.240 e. The normalized spacial score (nSPS) is 28.6. The van der Waals surface area contributed by atoms with Crippen LogP contribution in [-0.4, -0.2) is 35.6 Å². The standard InChI is InChI=1S/C11H18FN3O/c1-3-7(2)10(14)11(16)15-6-8(12)4-9(15)5-13/h7-10H,3-4,6,14H2,1-2H3/t7?,8?,9?,10-/m0/s1. The lowest BCUT2D eigenvalue weighted by Gasteiger charge is -2.25. The molecule has 4 nitrogen and oxygen atoms in total. The Labute approximate surface area is 95.2 Å². The number of carbonyl (C=O) groups is 1. The Hall–Kier alpha value is -1.15. The molecule has 1 heterocycles. The van der Waals surface area contributed by atoms with Crippen molar-refractivity contribution in [2.24, 2.45) is 11.7 Å². The topological polar surface area (TPSA) is 70.1 Å². The van der Waals surface area contributed by atoms with Gasteiger partial charge in [-0.2, -0.15) is 5.26 Å². The Bertz CT molecular complexity index is 302. The molecule has 1 saturated heterocycles. The van der Waals surface area contributed by atoms with E-state index < -0.39 is 18.3 Å². The molecule has 0 aromatic carbocycles. The highest BCUT2D eigenvalue weighted by Crippen LogP contribution is 2.22. The van der Waals surface area contributed by atoms with Gasteiger partial charge >= 0.3 is 0 Å². The van der Waals surface area contributed by atoms with Crippen molar-refractivity contribution in [3.05, 3.63) is 0 Å². The number of rotatable bonds is 3. The first-order valence-corrected chi connectivity index (χ1v) is 5.61. The fourth-order valence-corrected chi connectivity index (χ4v) is 1.84. The van der Waals surface area contributed by atoms with Crippen LogP contribution in [0.1, 0.15) is 26.7 Å². The van der Waals surface area contributed by atoms with E-state index in [1.165, 1.54) is 4.90 Å². The molecule has 1 aliphatic heterocycles. The number of halogens is 1. The molecule has 0 spiro atoms. The van der Waals surface area contributed by atoms with Crippen molar-refractivity contribution in [3.63, 3.8) is 0 Å². The van der Waals surface area contributed by atoms with E-state index in [0.29, 0.717) is 0 Å². The van der Waals surface area contributed by atoms with Gasteiger partial charge in [0.25, 0.3) is 0 Å². The van der Waals surface area contributed by atoms with Crippen LogP contribution in [0.3, 0.4) is 0 Å².